The standard InChI is InChI=1S/C19H13N5O/c1-3-7-15-13(5-1)12(9-20-15)10-23-24-19-18-17(21-11-22-19)14-6-2-4-8-16(14)25-18/h1-11,20H,(H,21,22,24)/b23-10-. The lowest BCUT2D eigenvalue weighted by atomic mass is 10.2. The molecule has 0 aliphatic rings. The summed E-state index contributed by atoms with van der Waals surface area (Å²) in [5.41, 5.74) is 7.18. The molecule has 0 aliphatic carbocycles. The number of H-pyrrole nitrogens is 1. The van der Waals surface area contributed by atoms with Gasteiger partial charge in [-0.1, -0.05) is 30.3 Å². The first-order valence-corrected chi connectivity index (χ1v) is 7.87. The Morgan fingerprint density at radius 3 is 2.80 bits per heavy atom. The molecule has 3 heterocycles. The van der Waals surface area contributed by atoms with Crippen LogP contribution in [0, 0.1) is 0 Å². The Balaban J connectivity index is 1.52. The Morgan fingerprint density at radius 1 is 1.00 bits per heavy atom. The minimum absolute atomic E-state index is 0.539. The van der Waals surface area contributed by atoms with Gasteiger partial charge in [0.2, 0.25) is 0 Å². The van der Waals surface area contributed by atoms with Crippen molar-refractivity contribution < 1.29 is 4.42 Å². The van der Waals surface area contributed by atoms with Gasteiger partial charge in [0.25, 0.3) is 0 Å². The molecule has 5 rings (SSSR count). The fourth-order valence-corrected chi connectivity index (χ4v) is 2.97. The minimum atomic E-state index is 0.539. The maximum Gasteiger partial charge on any atom is 0.197 e. The van der Waals surface area contributed by atoms with E-state index in [2.05, 4.69) is 31.5 Å². The second-order valence-electron chi connectivity index (χ2n) is 5.66. The molecule has 3 aromatic heterocycles. The third kappa shape index (κ3) is 2.23. The average molecular weight is 327 g/mol. The number of fused-ring (bicyclic) bond motifs is 4. The van der Waals surface area contributed by atoms with Gasteiger partial charge in [-0.3, -0.25) is 5.43 Å². The van der Waals surface area contributed by atoms with Gasteiger partial charge < -0.3 is 9.40 Å². The monoisotopic (exact) mass is 327 g/mol. The van der Waals surface area contributed by atoms with Crippen LogP contribution in [-0.2, 0) is 0 Å². The number of aromatic nitrogens is 3. The first-order chi connectivity index (χ1) is 12.4. The molecule has 0 saturated carbocycles. The summed E-state index contributed by atoms with van der Waals surface area (Å²) in [5.74, 6) is 0.539. The van der Waals surface area contributed by atoms with E-state index >= 15 is 0 Å². The maximum absolute atomic E-state index is 5.87. The molecular weight excluding hydrogens is 314 g/mol. The summed E-state index contributed by atoms with van der Waals surface area (Å²) in [5, 5.41) is 6.39. The fourth-order valence-electron chi connectivity index (χ4n) is 2.97. The molecule has 0 fully saturated rings. The van der Waals surface area contributed by atoms with Crippen molar-refractivity contribution in [3.63, 3.8) is 0 Å². The van der Waals surface area contributed by atoms with Crippen LogP contribution in [0.25, 0.3) is 33.0 Å². The Labute approximate surface area is 142 Å². The third-order valence-electron chi connectivity index (χ3n) is 4.15. The molecule has 0 aliphatic heterocycles. The Bertz CT molecular complexity index is 1230. The SMILES string of the molecule is C(=N/Nc1ncnc2c1oc1ccccc12)/c1c[nH]c2ccccc12. The van der Waals surface area contributed by atoms with Crippen molar-refractivity contribution in [2.24, 2.45) is 5.10 Å². The lowest BCUT2D eigenvalue weighted by molar-refractivity contribution is 0.667. The molecule has 120 valence electrons. The van der Waals surface area contributed by atoms with Crippen LogP contribution >= 0.6 is 0 Å². The van der Waals surface area contributed by atoms with E-state index in [-0.39, 0.29) is 0 Å². The van der Waals surface area contributed by atoms with Gasteiger partial charge >= 0.3 is 0 Å². The zero-order chi connectivity index (χ0) is 16.6. The Morgan fingerprint density at radius 2 is 1.84 bits per heavy atom. The van der Waals surface area contributed by atoms with E-state index in [9.17, 15) is 0 Å². The summed E-state index contributed by atoms with van der Waals surface area (Å²) in [6, 6.07) is 15.9. The van der Waals surface area contributed by atoms with Gasteiger partial charge in [0.1, 0.15) is 17.4 Å². The van der Waals surface area contributed by atoms with Crippen molar-refractivity contribution in [3.05, 3.63) is 66.6 Å². The molecule has 5 aromatic rings. The van der Waals surface area contributed by atoms with Crippen molar-refractivity contribution in [2.75, 3.05) is 5.43 Å². The quantitative estimate of drug-likeness (QED) is 0.382. The van der Waals surface area contributed by atoms with Crippen LogP contribution in [0.1, 0.15) is 5.56 Å². The van der Waals surface area contributed by atoms with E-state index in [1.165, 1.54) is 6.33 Å². The number of aromatic amines is 1. The number of furan rings is 1. The molecule has 0 atom stereocenters. The third-order valence-corrected chi connectivity index (χ3v) is 4.15. The van der Waals surface area contributed by atoms with Crippen LogP contribution in [0.4, 0.5) is 5.82 Å². The van der Waals surface area contributed by atoms with Crippen LogP contribution in [-0.4, -0.2) is 21.2 Å². The molecule has 2 N–H and O–H groups in total. The van der Waals surface area contributed by atoms with Gasteiger partial charge in [-0.05, 0) is 18.2 Å². The zero-order valence-electron chi connectivity index (χ0n) is 13.1. The Kier molecular flexibility index (Phi) is 3.00. The largest absolute Gasteiger partial charge is 0.450 e. The highest BCUT2D eigenvalue weighted by molar-refractivity contribution is 6.05. The minimum Gasteiger partial charge on any atom is -0.450 e. The normalized spacial score (nSPS) is 11.8. The summed E-state index contributed by atoms with van der Waals surface area (Å²) >= 11 is 0. The molecule has 6 heteroatoms. The van der Waals surface area contributed by atoms with Crippen LogP contribution in [0.5, 0.6) is 0 Å². The maximum atomic E-state index is 5.87. The summed E-state index contributed by atoms with van der Waals surface area (Å²) < 4.78 is 5.87. The van der Waals surface area contributed by atoms with Crippen LogP contribution < -0.4 is 5.43 Å². The first kappa shape index (κ1) is 13.7. The van der Waals surface area contributed by atoms with E-state index in [4.69, 9.17) is 4.42 Å². The predicted molar refractivity (Wildman–Crippen MR) is 98.8 cm³/mol. The van der Waals surface area contributed by atoms with Crippen LogP contribution in [0.15, 0.2) is 70.6 Å². The molecule has 0 amide bonds. The molecule has 0 unspecified atom stereocenters. The summed E-state index contributed by atoms with van der Waals surface area (Å²) in [7, 11) is 0. The molecule has 0 spiro atoms. The highest BCUT2D eigenvalue weighted by Gasteiger charge is 2.12. The number of nitrogens with one attached hydrogen (secondary N) is 2. The van der Waals surface area contributed by atoms with E-state index in [0.29, 0.717) is 11.4 Å². The van der Waals surface area contributed by atoms with Gasteiger partial charge in [-0.25, -0.2) is 9.97 Å². The van der Waals surface area contributed by atoms with Gasteiger partial charge in [0.15, 0.2) is 11.4 Å². The molecule has 0 bridgehead atoms. The zero-order valence-corrected chi connectivity index (χ0v) is 13.1. The Hall–Kier alpha value is -3.67. The second-order valence-corrected chi connectivity index (χ2v) is 5.66. The number of hydrazone groups is 1. The lowest BCUT2D eigenvalue weighted by Crippen LogP contribution is -1.94. The average Bonchev–Trinajstić information content (AvgIpc) is 3.24. The van der Waals surface area contributed by atoms with Crippen molar-refractivity contribution in [1.29, 1.82) is 0 Å². The molecule has 0 radical (unpaired) electrons. The first-order valence-electron chi connectivity index (χ1n) is 7.87. The predicted octanol–water partition coefficient (Wildman–Crippen LogP) is 4.30. The van der Waals surface area contributed by atoms with E-state index < -0.39 is 0 Å². The van der Waals surface area contributed by atoms with E-state index in [1.54, 1.807) is 6.21 Å². The number of hydrogen-bond acceptors (Lipinski definition) is 5. The summed E-state index contributed by atoms with van der Waals surface area (Å²) in [6.45, 7) is 0. The van der Waals surface area contributed by atoms with Crippen molar-refractivity contribution in [3.8, 4) is 0 Å². The van der Waals surface area contributed by atoms with E-state index in [0.717, 1.165) is 33.0 Å². The molecule has 0 saturated heterocycles. The number of nitrogens with zero attached hydrogens (tertiary/aromatic N) is 3. The topological polar surface area (TPSA) is 79.1 Å². The van der Waals surface area contributed by atoms with E-state index in [1.807, 2.05) is 48.7 Å². The fraction of sp³-hybridized carbons (Fsp3) is 0. The number of benzene rings is 2. The highest BCUT2D eigenvalue weighted by Crippen LogP contribution is 2.30. The van der Waals surface area contributed by atoms with Crippen molar-refractivity contribution in [2.45, 2.75) is 0 Å². The number of hydrogen-bond donors (Lipinski definition) is 2. The molecule has 2 aromatic carbocycles. The molecule has 6 nitrogen and oxygen atoms in total. The summed E-state index contributed by atoms with van der Waals surface area (Å²) in [4.78, 5) is 11.8. The number of rotatable bonds is 3. The summed E-state index contributed by atoms with van der Waals surface area (Å²) in [6.07, 6.45) is 5.19. The lowest BCUT2D eigenvalue weighted by Gasteiger charge is -1.98. The molecule has 25 heavy (non-hydrogen) atoms. The second kappa shape index (κ2) is 5.45. The van der Waals surface area contributed by atoms with Gasteiger partial charge in [0, 0.05) is 28.0 Å². The number of para-hydroxylation sites is 2. The van der Waals surface area contributed by atoms with Crippen LogP contribution in [0.3, 0.4) is 0 Å². The van der Waals surface area contributed by atoms with Gasteiger partial charge in [-0.2, -0.15) is 5.10 Å². The van der Waals surface area contributed by atoms with Crippen molar-refractivity contribution >= 4 is 45.0 Å². The molecular formula is C19H13N5O. The van der Waals surface area contributed by atoms with Crippen molar-refractivity contribution in [1.82, 2.24) is 15.0 Å². The highest BCUT2D eigenvalue weighted by atomic mass is 16.3. The van der Waals surface area contributed by atoms with Gasteiger partial charge in [-0.15, -0.1) is 0 Å². The van der Waals surface area contributed by atoms with Gasteiger partial charge in [0.05, 0.1) is 6.21 Å². The number of anilines is 1. The van der Waals surface area contributed by atoms with Crippen LogP contribution in [0.2, 0.25) is 0 Å². The smallest absolute Gasteiger partial charge is 0.197 e.